The molecule has 0 amide bonds. The average Bonchev–Trinajstić information content (AvgIpc) is 2.98. The van der Waals surface area contributed by atoms with Crippen molar-refractivity contribution in [2.24, 2.45) is 0 Å². The number of benzene rings is 1. The third-order valence-corrected chi connectivity index (χ3v) is 3.77. The van der Waals surface area contributed by atoms with Gasteiger partial charge in [0.15, 0.2) is 5.76 Å². The van der Waals surface area contributed by atoms with Crippen LogP contribution in [0.4, 0.5) is 14.5 Å². The fourth-order valence-electron chi connectivity index (χ4n) is 2.61. The molecule has 0 spiro atoms. The predicted octanol–water partition coefficient (Wildman–Crippen LogP) is 1.77. The molecule has 2 heterocycles. The summed E-state index contributed by atoms with van der Waals surface area (Å²) in [6.07, 6.45) is 0. The van der Waals surface area contributed by atoms with Gasteiger partial charge in [0.05, 0.1) is 11.4 Å². The highest BCUT2D eigenvalue weighted by atomic mass is 19.1. The molecule has 1 saturated heterocycles. The number of rotatable bonds is 4. The SMILES string of the molecule is OCc1cc(CN2CCN(c3cc(F)ccc3F)CC2)no1. The Balaban J connectivity index is 1.59. The Kier molecular flexibility index (Phi) is 4.35. The normalized spacial score (nSPS) is 16.2. The van der Waals surface area contributed by atoms with Crippen molar-refractivity contribution in [2.45, 2.75) is 13.2 Å². The second kappa shape index (κ2) is 6.41. The maximum absolute atomic E-state index is 13.8. The summed E-state index contributed by atoms with van der Waals surface area (Å²) in [5.41, 5.74) is 1.07. The molecular formula is C15H17F2N3O2. The van der Waals surface area contributed by atoms with Gasteiger partial charge in [0, 0.05) is 44.9 Å². The Labute approximate surface area is 126 Å². The zero-order valence-corrected chi connectivity index (χ0v) is 12.0. The number of anilines is 1. The zero-order valence-electron chi connectivity index (χ0n) is 12.0. The molecule has 1 aliphatic rings. The van der Waals surface area contributed by atoms with Gasteiger partial charge in [-0.2, -0.15) is 0 Å². The van der Waals surface area contributed by atoms with Gasteiger partial charge in [-0.05, 0) is 12.1 Å². The number of nitrogens with zero attached hydrogens (tertiary/aromatic N) is 3. The van der Waals surface area contributed by atoms with Gasteiger partial charge in [-0.1, -0.05) is 5.16 Å². The molecule has 0 radical (unpaired) electrons. The Morgan fingerprint density at radius 2 is 1.91 bits per heavy atom. The lowest BCUT2D eigenvalue weighted by Gasteiger charge is -2.35. The maximum atomic E-state index is 13.8. The van der Waals surface area contributed by atoms with Crippen molar-refractivity contribution < 1.29 is 18.4 Å². The quantitative estimate of drug-likeness (QED) is 0.933. The molecule has 118 valence electrons. The molecule has 0 atom stereocenters. The molecule has 1 aromatic carbocycles. The molecule has 0 aliphatic carbocycles. The van der Waals surface area contributed by atoms with E-state index in [1.165, 1.54) is 6.07 Å². The third kappa shape index (κ3) is 3.26. The van der Waals surface area contributed by atoms with Crippen LogP contribution in [0.1, 0.15) is 11.5 Å². The number of hydrogen-bond acceptors (Lipinski definition) is 5. The van der Waals surface area contributed by atoms with Gasteiger partial charge in [-0.3, -0.25) is 4.90 Å². The molecule has 0 saturated carbocycles. The number of hydrogen-bond donors (Lipinski definition) is 1. The van der Waals surface area contributed by atoms with E-state index in [9.17, 15) is 8.78 Å². The molecule has 3 rings (SSSR count). The van der Waals surface area contributed by atoms with E-state index in [0.717, 1.165) is 30.9 Å². The summed E-state index contributed by atoms with van der Waals surface area (Å²) < 4.78 is 32.0. The topological polar surface area (TPSA) is 52.7 Å². The fourth-order valence-corrected chi connectivity index (χ4v) is 2.61. The van der Waals surface area contributed by atoms with Crippen LogP contribution in [-0.4, -0.2) is 41.3 Å². The van der Waals surface area contributed by atoms with Crippen molar-refractivity contribution in [2.75, 3.05) is 31.1 Å². The molecule has 1 aliphatic heterocycles. The van der Waals surface area contributed by atoms with Crippen LogP contribution in [0, 0.1) is 11.6 Å². The Hall–Kier alpha value is -1.99. The summed E-state index contributed by atoms with van der Waals surface area (Å²) in [7, 11) is 0. The van der Waals surface area contributed by atoms with Crippen LogP contribution >= 0.6 is 0 Å². The summed E-state index contributed by atoms with van der Waals surface area (Å²) in [5, 5.41) is 12.8. The molecule has 0 bridgehead atoms. The number of halogens is 2. The summed E-state index contributed by atoms with van der Waals surface area (Å²) in [4.78, 5) is 4.00. The van der Waals surface area contributed by atoms with E-state index >= 15 is 0 Å². The van der Waals surface area contributed by atoms with Crippen molar-refractivity contribution in [1.29, 1.82) is 0 Å². The second-order valence-corrected chi connectivity index (χ2v) is 5.30. The van der Waals surface area contributed by atoms with Crippen LogP contribution in [0.15, 0.2) is 28.8 Å². The molecule has 5 nitrogen and oxygen atoms in total. The largest absolute Gasteiger partial charge is 0.388 e. The van der Waals surface area contributed by atoms with E-state index in [2.05, 4.69) is 10.1 Å². The lowest BCUT2D eigenvalue weighted by Crippen LogP contribution is -2.46. The number of aliphatic hydroxyl groups is 1. The number of aromatic nitrogens is 1. The summed E-state index contributed by atoms with van der Waals surface area (Å²) >= 11 is 0. The lowest BCUT2D eigenvalue weighted by atomic mass is 10.2. The Bertz CT molecular complexity index is 639. The molecule has 1 N–H and O–H groups in total. The Morgan fingerprint density at radius 3 is 2.59 bits per heavy atom. The predicted molar refractivity (Wildman–Crippen MR) is 76.3 cm³/mol. The van der Waals surface area contributed by atoms with Gasteiger partial charge in [0.2, 0.25) is 0 Å². The van der Waals surface area contributed by atoms with Crippen molar-refractivity contribution in [3.63, 3.8) is 0 Å². The number of piperazine rings is 1. The van der Waals surface area contributed by atoms with Crippen molar-refractivity contribution >= 4 is 5.69 Å². The standard InChI is InChI=1S/C15H17F2N3O2/c16-11-1-2-14(17)15(7-11)20-5-3-19(4-6-20)9-12-8-13(10-21)22-18-12/h1-2,7-8,21H,3-6,9-10H2. The van der Waals surface area contributed by atoms with E-state index in [-0.39, 0.29) is 6.61 Å². The minimum absolute atomic E-state index is 0.167. The van der Waals surface area contributed by atoms with Crippen molar-refractivity contribution in [3.05, 3.63) is 47.4 Å². The minimum atomic E-state index is -0.432. The second-order valence-electron chi connectivity index (χ2n) is 5.30. The van der Waals surface area contributed by atoms with Crippen LogP contribution in [0.3, 0.4) is 0 Å². The van der Waals surface area contributed by atoms with Crippen LogP contribution in [0.25, 0.3) is 0 Å². The van der Waals surface area contributed by atoms with Gasteiger partial charge < -0.3 is 14.5 Å². The van der Waals surface area contributed by atoms with Gasteiger partial charge in [0.1, 0.15) is 18.2 Å². The van der Waals surface area contributed by atoms with Crippen LogP contribution in [-0.2, 0) is 13.2 Å². The molecular weight excluding hydrogens is 292 g/mol. The fraction of sp³-hybridized carbons (Fsp3) is 0.400. The molecule has 1 aromatic heterocycles. The Morgan fingerprint density at radius 1 is 1.14 bits per heavy atom. The van der Waals surface area contributed by atoms with Crippen LogP contribution in [0.5, 0.6) is 0 Å². The first-order valence-corrected chi connectivity index (χ1v) is 7.13. The van der Waals surface area contributed by atoms with E-state index in [1.54, 1.807) is 6.07 Å². The van der Waals surface area contributed by atoms with Gasteiger partial charge in [-0.25, -0.2) is 8.78 Å². The smallest absolute Gasteiger partial charge is 0.162 e. The molecule has 1 fully saturated rings. The van der Waals surface area contributed by atoms with Crippen LogP contribution < -0.4 is 4.90 Å². The highest BCUT2D eigenvalue weighted by Gasteiger charge is 2.20. The highest BCUT2D eigenvalue weighted by molar-refractivity contribution is 5.48. The third-order valence-electron chi connectivity index (χ3n) is 3.77. The van der Waals surface area contributed by atoms with E-state index in [4.69, 9.17) is 9.63 Å². The summed E-state index contributed by atoms with van der Waals surface area (Å²) in [5.74, 6) is -0.396. The molecule has 7 heteroatoms. The first-order valence-electron chi connectivity index (χ1n) is 7.13. The maximum Gasteiger partial charge on any atom is 0.162 e. The zero-order chi connectivity index (χ0) is 15.5. The first-order chi connectivity index (χ1) is 10.7. The monoisotopic (exact) mass is 309 g/mol. The minimum Gasteiger partial charge on any atom is -0.388 e. The van der Waals surface area contributed by atoms with Crippen LogP contribution in [0.2, 0.25) is 0 Å². The van der Waals surface area contributed by atoms with Gasteiger partial charge >= 0.3 is 0 Å². The van der Waals surface area contributed by atoms with E-state index in [1.807, 2.05) is 4.90 Å². The summed E-state index contributed by atoms with van der Waals surface area (Å²) in [6, 6.07) is 5.23. The average molecular weight is 309 g/mol. The highest BCUT2D eigenvalue weighted by Crippen LogP contribution is 2.22. The van der Waals surface area contributed by atoms with Crippen molar-refractivity contribution in [3.8, 4) is 0 Å². The number of aliphatic hydroxyl groups excluding tert-OH is 1. The van der Waals surface area contributed by atoms with Crippen molar-refractivity contribution in [1.82, 2.24) is 10.1 Å². The molecule has 0 unspecified atom stereocenters. The summed E-state index contributed by atoms with van der Waals surface area (Å²) in [6.45, 7) is 3.12. The van der Waals surface area contributed by atoms with Gasteiger partial charge in [0.25, 0.3) is 0 Å². The molecule has 2 aromatic rings. The van der Waals surface area contributed by atoms with Gasteiger partial charge in [-0.15, -0.1) is 0 Å². The van der Waals surface area contributed by atoms with E-state index in [0.29, 0.717) is 31.1 Å². The lowest BCUT2D eigenvalue weighted by molar-refractivity contribution is 0.222. The van der Waals surface area contributed by atoms with E-state index < -0.39 is 11.6 Å². The molecule has 22 heavy (non-hydrogen) atoms. The first kappa shape index (κ1) is 14.9.